The van der Waals surface area contributed by atoms with E-state index in [1.807, 2.05) is 0 Å². The Morgan fingerprint density at radius 3 is 2.86 bits per heavy atom. The minimum absolute atomic E-state index is 0.268. The molecule has 7 nitrogen and oxygen atoms in total. The zero-order chi connectivity index (χ0) is 10.6. The van der Waals surface area contributed by atoms with Crippen LogP contribution in [0, 0.1) is 0 Å². The number of hydrogen-bond acceptors (Lipinski definition) is 4. The molecule has 0 amide bonds. The fourth-order valence-corrected chi connectivity index (χ4v) is 1.37. The molecule has 0 spiro atoms. The molecule has 0 radical (unpaired) electrons. The Hall–Kier alpha value is -1.12. The molecule has 1 aromatic heterocycles. The first-order chi connectivity index (χ1) is 6.53. The molecule has 0 bridgehead atoms. The monoisotopic (exact) mass is 219 g/mol. The highest BCUT2D eigenvalue weighted by atomic mass is 32.2. The van der Waals surface area contributed by atoms with Crippen molar-refractivity contribution < 1.29 is 8.42 Å². The van der Waals surface area contributed by atoms with Gasteiger partial charge in [-0.3, -0.25) is 4.68 Å². The number of nitrogens with two attached hydrogens (primary N) is 1. The van der Waals surface area contributed by atoms with Gasteiger partial charge in [0, 0.05) is 19.8 Å². The second-order valence-electron chi connectivity index (χ2n) is 2.64. The Labute approximate surface area is 82.5 Å². The van der Waals surface area contributed by atoms with E-state index in [1.165, 1.54) is 13.2 Å². The molecule has 1 heterocycles. The van der Waals surface area contributed by atoms with Crippen LogP contribution in [0.1, 0.15) is 0 Å². The summed E-state index contributed by atoms with van der Waals surface area (Å²) in [6.07, 6.45) is 3.14. The zero-order valence-electron chi connectivity index (χ0n) is 7.77. The molecular formula is C6H13N5O2S. The zero-order valence-corrected chi connectivity index (χ0v) is 8.58. The summed E-state index contributed by atoms with van der Waals surface area (Å²) in [6.45, 7) is 0.711. The van der Waals surface area contributed by atoms with Gasteiger partial charge in [-0.15, -0.1) is 0 Å². The number of aromatic nitrogens is 2. The topological polar surface area (TPSA) is 102 Å². The van der Waals surface area contributed by atoms with Gasteiger partial charge in [0.1, 0.15) is 0 Å². The summed E-state index contributed by atoms with van der Waals surface area (Å²) in [7, 11) is -2.01. The van der Waals surface area contributed by atoms with Crippen molar-refractivity contribution >= 4 is 15.9 Å². The van der Waals surface area contributed by atoms with E-state index in [1.54, 1.807) is 10.9 Å². The Morgan fingerprint density at radius 2 is 2.36 bits per heavy atom. The summed E-state index contributed by atoms with van der Waals surface area (Å²) in [6, 6.07) is 0. The van der Waals surface area contributed by atoms with Crippen molar-refractivity contribution in [2.24, 2.45) is 0 Å². The van der Waals surface area contributed by atoms with Gasteiger partial charge in [0.2, 0.25) is 0 Å². The molecule has 0 fully saturated rings. The van der Waals surface area contributed by atoms with Crippen LogP contribution >= 0.6 is 0 Å². The smallest absolute Gasteiger partial charge is 0.276 e. The molecule has 0 aliphatic heterocycles. The number of nitrogens with zero attached hydrogens (tertiary/aromatic N) is 2. The van der Waals surface area contributed by atoms with Crippen molar-refractivity contribution in [3.8, 4) is 0 Å². The first-order valence-corrected chi connectivity index (χ1v) is 5.48. The van der Waals surface area contributed by atoms with Crippen molar-refractivity contribution in [3.63, 3.8) is 0 Å². The predicted octanol–water partition coefficient (Wildman–Crippen LogP) is -1.48. The van der Waals surface area contributed by atoms with Gasteiger partial charge in [0.05, 0.1) is 18.4 Å². The third kappa shape index (κ3) is 3.32. The van der Waals surface area contributed by atoms with Crippen LogP contribution in [0.25, 0.3) is 0 Å². The molecule has 0 aliphatic carbocycles. The van der Waals surface area contributed by atoms with Crippen molar-refractivity contribution in [1.29, 1.82) is 0 Å². The fourth-order valence-electron chi connectivity index (χ4n) is 0.869. The van der Waals surface area contributed by atoms with E-state index < -0.39 is 10.2 Å². The fraction of sp³-hybridized carbons (Fsp3) is 0.500. The summed E-state index contributed by atoms with van der Waals surface area (Å²) in [4.78, 5) is 0. The first-order valence-electron chi connectivity index (χ1n) is 3.99. The normalized spacial score (nSPS) is 11.8. The highest BCUT2D eigenvalue weighted by Gasteiger charge is 2.04. The van der Waals surface area contributed by atoms with Crippen LogP contribution in [0.15, 0.2) is 12.4 Å². The molecule has 0 unspecified atom stereocenters. The van der Waals surface area contributed by atoms with Gasteiger partial charge in [-0.25, -0.2) is 9.44 Å². The standard InChI is InChI=1S/C6H13N5O2S/c1-8-14(12,13)10-2-3-11-5-6(7)4-9-11/h4-5,8,10H,2-3,7H2,1H3. The quantitative estimate of drug-likeness (QED) is 0.562. The van der Waals surface area contributed by atoms with Crippen LogP contribution in [-0.4, -0.2) is 31.8 Å². The van der Waals surface area contributed by atoms with Crippen molar-refractivity contribution in [2.45, 2.75) is 6.54 Å². The first kappa shape index (κ1) is 11.0. The molecule has 0 saturated carbocycles. The van der Waals surface area contributed by atoms with E-state index >= 15 is 0 Å². The van der Waals surface area contributed by atoms with Crippen LogP contribution in [0.5, 0.6) is 0 Å². The third-order valence-electron chi connectivity index (χ3n) is 1.55. The van der Waals surface area contributed by atoms with Crippen LogP contribution in [0.3, 0.4) is 0 Å². The van der Waals surface area contributed by atoms with E-state index in [-0.39, 0.29) is 6.54 Å². The summed E-state index contributed by atoms with van der Waals surface area (Å²) in [5, 5.41) is 3.90. The van der Waals surface area contributed by atoms with Crippen molar-refractivity contribution in [2.75, 3.05) is 19.3 Å². The second kappa shape index (κ2) is 4.40. The van der Waals surface area contributed by atoms with Crippen LogP contribution in [0.4, 0.5) is 5.69 Å². The summed E-state index contributed by atoms with van der Waals surface area (Å²) >= 11 is 0. The van der Waals surface area contributed by atoms with E-state index in [0.717, 1.165) is 0 Å². The van der Waals surface area contributed by atoms with Gasteiger partial charge < -0.3 is 5.73 Å². The molecule has 0 atom stereocenters. The molecule has 0 aliphatic rings. The van der Waals surface area contributed by atoms with Gasteiger partial charge in [0.15, 0.2) is 0 Å². The molecule has 1 rings (SSSR count). The van der Waals surface area contributed by atoms with Gasteiger partial charge >= 0.3 is 0 Å². The molecule has 8 heteroatoms. The lowest BCUT2D eigenvalue weighted by Crippen LogP contribution is -2.35. The molecule has 0 saturated heterocycles. The number of hydrogen-bond donors (Lipinski definition) is 3. The lowest BCUT2D eigenvalue weighted by Gasteiger charge is -2.04. The van der Waals surface area contributed by atoms with Gasteiger partial charge in [0.25, 0.3) is 10.2 Å². The maximum Gasteiger partial charge on any atom is 0.276 e. The number of nitrogens with one attached hydrogen (secondary N) is 2. The SMILES string of the molecule is CNS(=O)(=O)NCCn1cc(N)cn1. The second-order valence-corrected chi connectivity index (χ2v) is 4.34. The highest BCUT2D eigenvalue weighted by molar-refractivity contribution is 7.87. The molecule has 14 heavy (non-hydrogen) atoms. The lowest BCUT2D eigenvalue weighted by molar-refractivity contribution is 0.554. The number of anilines is 1. The Balaban J connectivity index is 2.36. The maximum atomic E-state index is 10.9. The van der Waals surface area contributed by atoms with E-state index in [9.17, 15) is 8.42 Å². The van der Waals surface area contributed by atoms with E-state index in [0.29, 0.717) is 12.2 Å². The Kier molecular flexibility index (Phi) is 3.44. The molecule has 4 N–H and O–H groups in total. The summed E-state index contributed by atoms with van der Waals surface area (Å²) in [5.74, 6) is 0. The minimum Gasteiger partial charge on any atom is -0.396 e. The lowest BCUT2D eigenvalue weighted by atomic mass is 10.6. The van der Waals surface area contributed by atoms with E-state index in [4.69, 9.17) is 5.73 Å². The summed E-state index contributed by atoms with van der Waals surface area (Å²) in [5.41, 5.74) is 5.98. The summed E-state index contributed by atoms with van der Waals surface area (Å²) < 4.78 is 27.9. The van der Waals surface area contributed by atoms with Crippen LogP contribution in [-0.2, 0) is 16.8 Å². The molecule has 1 aromatic rings. The molecule has 0 aromatic carbocycles. The van der Waals surface area contributed by atoms with Gasteiger partial charge in [-0.1, -0.05) is 0 Å². The Bertz CT molecular complexity index is 385. The average Bonchev–Trinajstić information content (AvgIpc) is 2.51. The Morgan fingerprint density at radius 1 is 1.64 bits per heavy atom. The number of rotatable bonds is 5. The predicted molar refractivity (Wildman–Crippen MR) is 52.6 cm³/mol. The minimum atomic E-state index is -3.36. The van der Waals surface area contributed by atoms with Crippen LogP contribution < -0.4 is 15.2 Å². The van der Waals surface area contributed by atoms with Crippen molar-refractivity contribution in [1.82, 2.24) is 19.2 Å². The van der Waals surface area contributed by atoms with Crippen LogP contribution in [0.2, 0.25) is 0 Å². The molecular weight excluding hydrogens is 206 g/mol. The van der Waals surface area contributed by atoms with Crippen molar-refractivity contribution in [3.05, 3.63) is 12.4 Å². The molecule has 80 valence electrons. The highest BCUT2D eigenvalue weighted by Crippen LogP contribution is 1.96. The van der Waals surface area contributed by atoms with Gasteiger partial charge in [-0.05, 0) is 0 Å². The average molecular weight is 219 g/mol. The largest absolute Gasteiger partial charge is 0.396 e. The maximum absolute atomic E-state index is 10.9. The number of nitrogen functional groups attached to an aromatic ring is 1. The third-order valence-corrected chi connectivity index (χ3v) is 2.68. The van der Waals surface area contributed by atoms with Gasteiger partial charge in [-0.2, -0.15) is 13.5 Å². The van der Waals surface area contributed by atoms with E-state index in [2.05, 4.69) is 14.5 Å².